The fourth-order valence-corrected chi connectivity index (χ4v) is 5.81. The molecule has 1 aliphatic heterocycles. The minimum Gasteiger partial charge on any atom is -0.419 e. The van der Waals surface area contributed by atoms with E-state index in [1.54, 1.807) is 12.1 Å². The van der Waals surface area contributed by atoms with Crippen LogP contribution < -0.4 is 4.90 Å². The number of aryl methyl sites for hydroxylation is 1. The molecule has 3 aromatic carbocycles. The number of anilines is 1. The molecule has 0 N–H and O–H groups in total. The number of benzene rings is 3. The number of oxazole rings is 1. The van der Waals surface area contributed by atoms with E-state index >= 15 is 0 Å². The second-order valence-corrected chi connectivity index (χ2v) is 10.4. The highest BCUT2D eigenvalue weighted by atomic mass is 32.2. The predicted molar refractivity (Wildman–Crippen MR) is 131 cm³/mol. The van der Waals surface area contributed by atoms with Crippen LogP contribution in [0.2, 0.25) is 0 Å². The normalized spacial score (nSPS) is 15.0. The molecule has 0 radical (unpaired) electrons. The van der Waals surface area contributed by atoms with E-state index in [0.29, 0.717) is 11.8 Å². The van der Waals surface area contributed by atoms with Crippen molar-refractivity contribution in [3.05, 3.63) is 72.3 Å². The van der Waals surface area contributed by atoms with Crippen LogP contribution in [0.25, 0.3) is 22.2 Å². The zero-order chi connectivity index (χ0) is 22.8. The van der Waals surface area contributed by atoms with Crippen LogP contribution in [0, 0.1) is 0 Å². The highest BCUT2D eigenvalue weighted by molar-refractivity contribution is 7.91. The average Bonchev–Trinajstić information content (AvgIpc) is 3.13. The summed E-state index contributed by atoms with van der Waals surface area (Å²) in [5.74, 6) is 0.703. The van der Waals surface area contributed by atoms with Gasteiger partial charge in [0.2, 0.25) is 26.6 Å². The predicted octanol–water partition coefficient (Wildman–Crippen LogP) is 6.27. The molecule has 0 unspecified atom stereocenters. The van der Waals surface area contributed by atoms with Gasteiger partial charge in [0.25, 0.3) is 0 Å². The summed E-state index contributed by atoms with van der Waals surface area (Å²) in [6, 6.07) is 21.0. The van der Waals surface area contributed by atoms with Gasteiger partial charge in [-0.05, 0) is 53.8 Å². The van der Waals surface area contributed by atoms with Crippen LogP contribution in [-0.4, -0.2) is 26.5 Å². The van der Waals surface area contributed by atoms with Crippen molar-refractivity contribution in [1.82, 2.24) is 4.98 Å². The van der Waals surface area contributed by atoms with Crippen LogP contribution in [0.3, 0.4) is 0 Å². The van der Waals surface area contributed by atoms with E-state index in [4.69, 9.17) is 4.42 Å². The first-order valence-electron chi connectivity index (χ1n) is 11.7. The fourth-order valence-electron chi connectivity index (χ4n) is 4.49. The zero-order valence-corrected chi connectivity index (χ0v) is 19.6. The van der Waals surface area contributed by atoms with Crippen molar-refractivity contribution in [2.75, 3.05) is 18.0 Å². The van der Waals surface area contributed by atoms with E-state index in [1.807, 2.05) is 54.6 Å². The first kappa shape index (κ1) is 21.7. The molecule has 0 atom stereocenters. The third kappa shape index (κ3) is 4.15. The van der Waals surface area contributed by atoms with Gasteiger partial charge in [0.05, 0.1) is 4.90 Å². The fraction of sp³-hybridized carbons (Fsp3) is 0.296. The number of rotatable bonds is 5. The highest BCUT2D eigenvalue weighted by Crippen LogP contribution is 2.37. The van der Waals surface area contributed by atoms with E-state index in [0.717, 1.165) is 67.1 Å². The van der Waals surface area contributed by atoms with E-state index in [-0.39, 0.29) is 9.92 Å². The van der Waals surface area contributed by atoms with Crippen molar-refractivity contribution in [2.24, 2.45) is 0 Å². The van der Waals surface area contributed by atoms with Gasteiger partial charge in [-0.3, -0.25) is 0 Å². The summed E-state index contributed by atoms with van der Waals surface area (Å²) in [7, 11) is -3.84. The van der Waals surface area contributed by atoms with Gasteiger partial charge < -0.3 is 9.32 Å². The van der Waals surface area contributed by atoms with Gasteiger partial charge >= 0.3 is 0 Å². The third-order valence-electron chi connectivity index (χ3n) is 6.39. The average molecular weight is 461 g/mol. The Morgan fingerprint density at radius 2 is 1.58 bits per heavy atom. The monoisotopic (exact) mass is 460 g/mol. The minimum absolute atomic E-state index is 0.0107. The van der Waals surface area contributed by atoms with Gasteiger partial charge in [-0.25, -0.2) is 8.42 Å². The number of hydrogen-bond donors (Lipinski definition) is 0. The van der Waals surface area contributed by atoms with Crippen LogP contribution in [0.1, 0.15) is 38.2 Å². The summed E-state index contributed by atoms with van der Waals surface area (Å²) in [5.41, 5.74) is 1.89. The molecule has 0 saturated carbocycles. The Bertz CT molecular complexity index is 1360. The minimum atomic E-state index is -3.84. The molecule has 1 fully saturated rings. The summed E-state index contributed by atoms with van der Waals surface area (Å²) in [6.07, 6.45) is 5.15. The molecular formula is C27H28N2O3S. The molecule has 4 aromatic rings. The van der Waals surface area contributed by atoms with Gasteiger partial charge in [-0.1, -0.05) is 68.3 Å². The van der Waals surface area contributed by atoms with Crippen molar-refractivity contribution in [3.8, 4) is 11.5 Å². The van der Waals surface area contributed by atoms with Crippen LogP contribution >= 0.6 is 0 Å². The van der Waals surface area contributed by atoms with Crippen LogP contribution in [0.4, 0.5) is 5.88 Å². The quantitative estimate of drug-likeness (QED) is 0.351. The van der Waals surface area contributed by atoms with Crippen LogP contribution in [-0.2, 0) is 16.3 Å². The van der Waals surface area contributed by atoms with Crippen molar-refractivity contribution < 1.29 is 12.8 Å². The maximum Gasteiger partial charge on any atom is 0.236 e. The molecule has 5 nitrogen and oxygen atoms in total. The van der Waals surface area contributed by atoms with Crippen LogP contribution in [0.15, 0.2) is 81.1 Å². The smallest absolute Gasteiger partial charge is 0.236 e. The lowest BCUT2D eigenvalue weighted by Gasteiger charge is -2.20. The molecule has 2 heterocycles. The number of fused-ring (bicyclic) bond motifs is 1. The second-order valence-electron chi connectivity index (χ2n) is 8.56. The molecule has 0 bridgehead atoms. The Hall–Kier alpha value is -3.12. The Morgan fingerprint density at radius 3 is 2.30 bits per heavy atom. The number of sulfone groups is 1. The number of hydrogen-bond acceptors (Lipinski definition) is 5. The number of nitrogens with zero attached hydrogens (tertiary/aromatic N) is 2. The lowest BCUT2D eigenvalue weighted by molar-refractivity contribution is 0.544. The van der Waals surface area contributed by atoms with Gasteiger partial charge in [0.15, 0.2) is 0 Å². The summed E-state index contributed by atoms with van der Waals surface area (Å²) in [4.78, 5) is 6.93. The van der Waals surface area contributed by atoms with Crippen molar-refractivity contribution in [1.29, 1.82) is 0 Å². The van der Waals surface area contributed by atoms with Gasteiger partial charge in [-0.15, -0.1) is 0 Å². The van der Waals surface area contributed by atoms with Gasteiger partial charge in [0.1, 0.15) is 0 Å². The van der Waals surface area contributed by atoms with E-state index in [2.05, 4.69) is 16.8 Å². The van der Waals surface area contributed by atoms with Crippen molar-refractivity contribution >= 4 is 26.5 Å². The maximum atomic E-state index is 13.7. The molecule has 1 aliphatic rings. The highest BCUT2D eigenvalue weighted by Gasteiger charge is 2.32. The lowest BCUT2D eigenvalue weighted by atomic mass is 10.0. The summed E-state index contributed by atoms with van der Waals surface area (Å²) in [5, 5.41) is 2.06. The molecule has 0 amide bonds. The largest absolute Gasteiger partial charge is 0.419 e. The molecule has 33 heavy (non-hydrogen) atoms. The van der Waals surface area contributed by atoms with Gasteiger partial charge in [0, 0.05) is 18.7 Å². The zero-order valence-electron chi connectivity index (χ0n) is 18.8. The molecular weight excluding hydrogens is 432 g/mol. The van der Waals surface area contributed by atoms with Crippen molar-refractivity contribution in [2.45, 2.75) is 48.9 Å². The number of aromatic nitrogens is 1. The van der Waals surface area contributed by atoms with Gasteiger partial charge in [-0.2, -0.15) is 4.98 Å². The van der Waals surface area contributed by atoms with Crippen molar-refractivity contribution in [3.63, 3.8) is 0 Å². The SMILES string of the molecule is CCc1ccc(S(=O)(=O)c2nc(-c3cccc4ccccc34)oc2N2CCCCCC2)cc1. The molecule has 5 rings (SSSR count). The molecule has 1 aromatic heterocycles. The topological polar surface area (TPSA) is 63.4 Å². The molecule has 0 spiro atoms. The van der Waals surface area contributed by atoms with Crippen LogP contribution in [0.5, 0.6) is 0 Å². The molecule has 0 aliphatic carbocycles. The first-order valence-corrected chi connectivity index (χ1v) is 13.1. The molecule has 170 valence electrons. The Balaban J connectivity index is 1.68. The Kier molecular flexibility index (Phi) is 5.94. The Labute approximate surface area is 195 Å². The second kappa shape index (κ2) is 9.02. The third-order valence-corrected chi connectivity index (χ3v) is 8.06. The van der Waals surface area contributed by atoms with E-state index < -0.39 is 9.84 Å². The lowest BCUT2D eigenvalue weighted by Crippen LogP contribution is -2.25. The summed E-state index contributed by atoms with van der Waals surface area (Å²) < 4.78 is 33.8. The summed E-state index contributed by atoms with van der Waals surface area (Å²) >= 11 is 0. The first-order chi connectivity index (χ1) is 16.1. The Morgan fingerprint density at radius 1 is 0.879 bits per heavy atom. The molecule has 1 saturated heterocycles. The maximum absolute atomic E-state index is 13.7. The van der Waals surface area contributed by atoms with E-state index in [9.17, 15) is 8.42 Å². The van der Waals surface area contributed by atoms with E-state index in [1.165, 1.54) is 0 Å². The molecule has 6 heteroatoms. The summed E-state index contributed by atoms with van der Waals surface area (Å²) in [6.45, 7) is 3.58. The standard InChI is InChI=1S/C27H28N2O3S/c1-2-20-14-16-22(17-15-20)33(30,31)26-27(29-18-7-3-4-8-19-29)32-25(28-26)24-13-9-11-21-10-5-6-12-23(21)24/h5-6,9-17H,2-4,7-8,18-19H2,1H3.